The zero-order valence-corrected chi connectivity index (χ0v) is 20.7. The van der Waals surface area contributed by atoms with Crippen LogP contribution in [0.15, 0.2) is 52.8 Å². The molecule has 0 aliphatic heterocycles. The average Bonchev–Trinajstić information content (AvgIpc) is 3.21. The van der Waals surface area contributed by atoms with Crippen molar-refractivity contribution >= 4 is 41.3 Å². The summed E-state index contributed by atoms with van der Waals surface area (Å²) < 4.78 is 5.79. The number of benzene rings is 1. The van der Waals surface area contributed by atoms with Gasteiger partial charge in [0.1, 0.15) is 0 Å². The molecule has 1 aromatic carbocycles. The second-order valence-electron chi connectivity index (χ2n) is 7.03. The van der Waals surface area contributed by atoms with Crippen LogP contribution in [0.5, 0.6) is 0 Å². The Balaban J connectivity index is 0.00000420. The number of nitrogens with zero attached hydrogens (tertiary/aromatic N) is 1. The van der Waals surface area contributed by atoms with E-state index in [1.165, 1.54) is 4.88 Å². The lowest BCUT2D eigenvalue weighted by molar-refractivity contribution is -0.000599. The number of nitrogens with one attached hydrogen (secondary N) is 2. The SMILES string of the molecule is CCNC(=NCC(C)Cc1cccs1)NCC(O)COC(C)c1ccccc1.I. The van der Waals surface area contributed by atoms with E-state index in [2.05, 4.69) is 40.1 Å². The molecule has 7 heteroatoms. The van der Waals surface area contributed by atoms with Crippen molar-refractivity contribution in [1.29, 1.82) is 0 Å². The predicted octanol–water partition coefficient (Wildman–Crippen LogP) is 4.24. The van der Waals surface area contributed by atoms with Crippen molar-refractivity contribution in [2.75, 3.05) is 26.2 Å². The molecule has 3 unspecified atom stereocenters. The third kappa shape index (κ3) is 10.4. The summed E-state index contributed by atoms with van der Waals surface area (Å²) in [5, 5.41) is 18.8. The van der Waals surface area contributed by atoms with Crippen LogP contribution in [0.4, 0.5) is 0 Å². The van der Waals surface area contributed by atoms with Crippen LogP contribution in [0, 0.1) is 5.92 Å². The first-order valence-electron chi connectivity index (χ1n) is 9.97. The Labute approximate surface area is 196 Å². The molecule has 0 saturated carbocycles. The molecule has 1 aromatic heterocycles. The van der Waals surface area contributed by atoms with Gasteiger partial charge in [0.15, 0.2) is 5.96 Å². The molecule has 0 amide bonds. The maximum Gasteiger partial charge on any atom is 0.191 e. The fourth-order valence-corrected chi connectivity index (χ4v) is 3.64. The van der Waals surface area contributed by atoms with E-state index in [-0.39, 0.29) is 36.7 Å². The monoisotopic (exact) mass is 531 g/mol. The minimum Gasteiger partial charge on any atom is -0.389 e. The number of halogens is 1. The number of ether oxygens (including phenoxy) is 1. The second kappa shape index (κ2) is 14.8. The Hall–Kier alpha value is -1.16. The standard InChI is InChI=1S/C22H33N3O2S.HI/c1-4-23-22(24-14-17(2)13-21-11-8-12-28-21)25-15-20(26)16-27-18(3)19-9-6-5-7-10-19;/h5-12,17-18,20,26H,4,13-16H2,1-3H3,(H2,23,24,25);1H. The van der Waals surface area contributed by atoms with Gasteiger partial charge < -0.3 is 20.5 Å². The van der Waals surface area contributed by atoms with Gasteiger partial charge in [0.05, 0.1) is 18.8 Å². The van der Waals surface area contributed by atoms with E-state index in [0.29, 0.717) is 12.5 Å². The number of hydrogen-bond donors (Lipinski definition) is 3. The minimum absolute atomic E-state index is 0. The van der Waals surface area contributed by atoms with Gasteiger partial charge in [0, 0.05) is 24.5 Å². The Bertz CT molecular complexity index is 683. The third-order valence-corrected chi connectivity index (χ3v) is 5.25. The molecule has 29 heavy (non-hydrogen) atoms. The summed E-state index contributed by atoms with van der Waals surface area (Å²) >= 11 is 1.79. The molecule has 0 aliphatic rings. The number of guanidine groups is 1. The van der Waals surface area contributed by atoms with Crippen LogP contribution in [0.2, 0.25) is 0 Å². The Morgan fingerprint density at radius 1 is 1.14 bits per heavy atom. The first-order valence-corrected chi connectivity index (χ1v) is 10.9. The number of aliphatic imine (C=N–C) groups is 1. The number of hydrogen-bond acceptors (Lipinski definition) is 4. The fourth-order valence-electron chi connectivity index (χ4n) is 2.77. The predicted molar refractivity (Wildman–Crippen MR) is 133 cm³/mol. The van der Waals surface area contributed by atoms with Gasteiger partial charge >= 0.3 is 0 Å². The molecule has 1 heterocycles. The highest BCUT2D eigenvalue weighted by Gasteiger charge is 2.11. The van der Waals surface area contributed by atoms with Crippen molar-refractivity contribution < 1.29 is 9.84 Å². The summed E-state index contributed by atoms with van der Waals surface area (Å²) in [6.45, 7) is 8.43. The lowest BCUT2D eigenvalue weighted by atomic mass is 10.1. The smallest absolute Gasteiger partial charge is 0.191 e. The summed E-state index contributed by atoms with van der Waals surface area (Å²) in [6.07, 6.45) is 0.392. The van der Waals surface area contributed by atoms with E-state index >= 15 is 0 Å². The van der Waals surface area contributed by atoms with Gasteiger partial charge in [0.2, 0.25) is 0 Å². The molecule has 0 fully saturated rings. The zero-order valence-electron chi connectivity index (χ0n) is 17.5. The van der Waals surface area contributed by atoms with E-state index in [0.717, 1.165) is 31.0 Å². The van der Waals surface area contributed by atoms with Crippen LogP contribution in [0.25, 0.3) is 0 Å². The lowest BCUT2D eigenvalue weighted by Crippen LogP contribution is -2.42. The summed E-state index contributed by atoms with van der Waals surface area (Å²) in [4.78, 5) is 6.05. The fraction of sp³-hybridized carbons (Fsp3) is 0.500. The molecule has 0 radical (unpaired) electrons. The number of thiophene rings is 1. The Kier molecular flexibility index (Phi) is 13.2. The molecule has 0 saturated heterocycles. The molecule has 0 bridgehead atoms. The van der Waals surface area contributed by atoms with Crippen LogP contribution >= 0.6 is 35.3 Å². The molecule has 2 rings (SSSR count). The van der Waals surface area contributed by atoms with E-state index in [1.807, 2.05) is 44.2 Å². The van der Waals surface area contributed by atoms with Gasteiger partial charge in [-0.1, -0.05) is 43.3 Å². The summed E-state index contributed by atoms with van der Waals surface area (Å²) in [7, 11) is 0. The molecule has 2 aromatic rings. The quantitative estimate of drug-likeness (QED) is 0.231. The number of aliphatic hydroxyl groups is 1. The van der Waals surface area contributed by atoms with Crippen molar-refractivity contribution in [3.8, 4) is 0 Å². The lowest BCUT2D eigenvalue weighted by Gasteiger charge is -2.19. The molecule has 0 aliphatic carbocycles. The van der Waals surface area contributed by atoms with Gasteiger partial charge in [-0.2, -0.15) is 0 Å². The minimum atomic E-state index is -0.599. The highest BCUT2D eigenvalue weighted by atomic mass is 127. The van der Waals surface area contributed by atoms with Gasteiger partial charge in [-0.3, -0.25) is 4.99 Å². The molecular weight excluding hydrogens is 497 g/mol. The third-order valence-electron chi connectivity index (χ3n) is 4.35. The highest BCUT2D eigenvalue weighted by molar-refractivity contribution is 14.0. The van der Waals surface area contributed by atoms with Crippen molar-refractivity contribution in [2.24, 2.45) is 10.9 Å². The van der Waals surface area contributed by atoms with Gasteiger partial charge in [-0.25, -0.2) is 0 Å². The van der Waals surface area contributed by atoms with Crippen molar-refractivity contribution in [3.05, 3.63) is 58.3 Å². The van der Waals surface area contributed by atoms with Crippen molar-refractivity contribution in [3.63, 3.8) is 0 Å². The number of aliphatic hydroxyl groups excluding tert-OH is 1. The molecular formula is C22H34IN3O2S. The van der Waals surface area contributed by atoms with Crippen molar-refractivity contribution in [2.45, 2.75) is 39.4 Å². The van der Waals surface area contributed by atoms with Gasteiger partial charge in [0.25, 0.3) is 0 Å². The molecule has 5 nitrogen and oxygen atoms in total. The largest absolute Gasteiger partial charge is 0.389 e. The van der Waals surface area contributed by atoms with E-state index in [4.69, 9.17) is 4.74 Å². The van der Waals surface area contributed by atoms with Crippen molar-refractivity contribution in [1.82, 2.24) is 10.6 Å². The highest BCUT2D eigenvalue weighted by Crippen LogP contribution is 2.16. The van der Waals surface area contributed by atoms with E-state index in [1.54, 1.807) is 11.3 Å². The van der Waals surface area contributed by atoms with E-state index < -0.39 is 6.10 Å². The normalized spacial score (nSPS) is 14.6. The average molecular weight is 532 g/mol. The van der Waals surface area contributed by atoms with Crippen LogP contribution in [0.1, 0.15) is 37.3 Å². The molecule has 3 atom stereocenters. The topological polar surface area (TPSA) is 65.9 Å². The Morgan fingerprint density at radius 2 is 1.90 bits per heavy atom. The molecule has 162 valence electrons. The van der Waals surface area contributed by atoms with Crippen LogP contribution in [0.3, 0.4) is 0 Å². The molecule has 0 spiro atoms. The first kappa shape index (κ1) is 25.9. The summed E-state index contributed by atoms with van der Waals surface area (Å²) in [5.41, 5.74) is 1.11. The summed E-state index contributed by atoms with van der Waals surface area (Å²) in [6, 6.07) is 14.3. The Morgan fingerprint density at radius 3 is 2.55 bits per heavy atom. The number of rotatable bonds is 11. The van der Waals surface area contributed by atoms with Crippen LogP contribution < -0.4 is 10.6 Å². The second-order valence-corrected chi connectivity index (χ2v) is 8.06. The zero-order chi connectivity index (χ0) is 20.2. The van der Waals surface area contributed by atoms with Crippen LogP contribution in [-0.4, -0.2) is 43.4 Å². The maximum absolute atomic E-state index is 10.2. The van der Waals surface area contributed by atoms with E-state index in [9.17, 15) is 5.11 Å². The summed E-state index contributed by atoms with van der Waals surface area (Å²) in [5.74, 6) is 1.20. The van der Waals surface area contributed by atoms with Crippen LogP contribution in [-0.2, 0) is 11.2 Å². The maximum atomic E-state index is 10.2. The first-order chi connectivity index (χ1) is 13.6. The molecule has 3 N–H and O–H groups in total. The van der Waals surface area contributed by atoms with Gasteiger partial charge in [-0.05, 0) is 43.2 Å². The van der Waals surface area contributed by atoms with Gasteiger partial charge in [-0.15, -0.1) is 35.3 Å².